The number of primary amides is 1. The average molecular weight is 254 g/mol. The fourth-order valence-corrected chi connectivity index (χ4v) is 1.40. The van der Waals surface area contributed by atoms with Crippen molar-refractivity contribution in [3.63, 3.8) is 0 Å². The van der Waals surface area contributed by atoms with Gasteiger partial charge < -0.3 is 26.4 Å². The number of hydrogen-bond donors (Lipinski definition) is 4. The second kappa shape index (κ2) is 5.48. The molecule has 0 aliphatic heterocycles. The standard InChI is InChI=1S/C11H14N2O5/c1-18-11(17)5-2-3-7(12)6(4-5)8(14)9(15)10(13)16/h2-4,8-9,14-15H,12H2,1H3,(H2,13,16). The highest BCUT2D eigenvalue weighted by atomic mass is 16.5. The zero-order chi connectivity index (χ0) is 13.9. The van der Waals surface area contributed by atoms with Crippen LogP contribution in [0.5, 0.6) is 0 Å². The Morgan fingerprint density at radius 3 is 2.44 bits per heavy atom. The van der Waals surface area contributed by atoms with Crippen molar-refractivity contribution in [2.45, 2.75) is 12.2 Å². The van der Waals surface area contributed by atoms with Crippen molar-refractivity contribution < 1.29 is 24.5 Å². The molecule has 0 bridgehead atoms. The summed E-state index contributed by atoms with van der Waals surface area (Å²) in [7, 11) is 1.20. The highest BCUT2D eigenvalue weighted by molar-refractivity contribution is 5.90. The number of esters is 1. The minimum atomic E-state index is -1.81. The second-order valence-electron chi connectivity index (χ2n) is 3.63. The lowest BCUT2D eigenvalue weighted by molar-refractivity contribution is -0.131. The van der Waals surface area contributed by atoms with E-state index in [1.54, 1.807) is 0 Å². The van der Waals surface area contributed by atoms with Crippen LogP contribution in [0.3, 0.4) is 0 Å². The van der Waals surface area contributed by atoms with Crippen molar-refractivity contribution in [2.75, 3.05) is 12.8 Å². The van der Waals surface area contributed by atoms with Gasteiger partial charge in [-0.1, -0.05) is 0 Å². The average Bonchev–Trinajstić information content (AvgIpc) is 2.36. The lowest BCUT2D eigenvalue weighted by Gasteiger charge is -2.17. The SMILES string of the molecule is COC(=O)c1ccc(N)c(C(O)C(O)C(N)=O)c1. The Labute approximate surface area is 103 Å². The van der Waals surface area contributed by atoms with Crippen LogP contribution in [0.4, 0.5) is 5.69 Å². The third-order valence-corrected chi connectivity index (χ3v) is 2.42. The Hall–Kier alpha value is -2.12. The van der Waals surface area contributed by atoms with E-state index in [0.29, 0.717) is 0 Å². The Kier molecular flexibility index (Phi) is 4.24. The summed E-state index contributed by atoms with van der Waals surface area (Å²) in [6.45, 7) is 0. The van der Waals surface area contributed by atoms with Crippen molar-refractivity contribution in [2.24, 2.45) is 5.73 Å². The smallest absolute Gasteiger partial charge is 0.337 e. The molecule has 0 fully saturated rings. The molecule has 0 aromatic heterocycles. The van der Waals surface area contributed by atoms with Crippen LogP contribution in [-0.4, -0.2) is 35.3 Å². The van der Waals surface area contributed by atoms with Gasteiger partial charge in [0.15, 0.2) is 6.10 Å². The van der Waals surface area contributed by atoms with E-state index in [4.69, 9.17) is 11.5 Å². The van der Waals surface area contributed by atoms with Gasteiger partial charge in [-0.25, -0.2) is 4.79 Å². The van der Waals surface area contributed by atoms with Crippen LogP contribution in [0.1, 0.15) is 22.0 Å². The number of nitrogen functional groups attached to an aromatic ring is 1. The quantitative estimate of drug-likeness (QED) is 0.399. The Balaban J connectivity index is 3.15. The van der Waals surface area contributed by atoms with Gasteiger partial charge in [0.1, 0.15) is 6.10 Å². The minimum Gasteiger partial charge on any atom is -0.465 e. The van der Waals surface area contributed by atoms with Gasteiger partial charge >= 0.3 is 5.97 Å². The molecule has 1 aromatic carbocycles. The number of amides is 1. The Bertz CT molecular complexity index is 475. The normalized spacial score (nSPS) is 13.7. The molecular formula is C11H14N2O5. The molecule has 1 amide bonds. The summed E-state index contributed by atoms with van der Waals surface area (Å²) >= 11 is 0. The summed E-state index contributed by atoms with van der Waals surface area (Å²) < 4.78 is 4.50. The zero-order valence-corrected chi connectivity index (χ0v) is 9.66. The topological polar surface area (TPSA) is 136 Å². The molecule has 0 aliphatic carbocycles. The predicted molar refractivity (Wildman–Crippen MR) is 62.4 cm³/mol. The molecule has 0 heterocycles. The first-order chi connectivity index (χ1) is 8.38. The van der Waals surface area contributed by atoms with Crippen LogP contribution in [0.15, 0.2) is 18.2 Å². The fourth-order valence-electron chi connectivity index (χ4n) is 1.40. The summed E-state index contributed by atoms with van der Waals surface area (Å²) in [6, 6.07) is 3.99. The van der Waals surface area contributed by atoms with Crippen molar-refractivity contribution >= 4 is 17.6 Å². The van der Waals surface area contributed by atoms with Gasteiger partial charge in [-0.2, -0.15) is 0 Å². The van der Waals surface area contributed by atoms with Crippen molar-refractivity contribution in [3.8, 4) is 0 Å². The Morgan fingerprint density at radius 1 is 1.33 bits per heavy atom. The van der Waals surface area contributed by atoms with E-state index in [-0.39, 0.29) is 16.8 Å². The third kappa shape index (κ3) is 2.76. The number of benzene rings is 1. The van der Waals surface area contributed by atoms with Crippen LogP contribution in [0, 0.1) is 0 Å². The minimum absolute atomic E-state index is 0.0317. The number of aliphatic hydroxyl groups is 2. The van der Waals surface area contributed by atoms with Gasteiger partial charge in [0.25, 0.3) is 0 Å². The van der Waals surface area contributed by atoms with Gasteiger partial charge in [-0.15, -0.1) is 0 Å². The number of hydrogen-bond acceptors (Lipinski definition) is 6. The van der Waals surface area contributed by atoms with Crippen molar-refractivity contribution in [1.29, 1.82) is 0 Å². The summed E-state index contributed by atoms with van der Waals surface area (Å²) in [6.07, 6.45) is -3.41. The lowest BCUT2D eigenvalue weighted by Crippen LogP contribution is -2.34. The summed E-state index contributed by atoms with van der Waals surface area (Å²) in [5, 5.41) is 19.1. The number of nitrogens with two attached hydrogens (primary N) is 2. The monoisotopic (exact) mass is 254 g/mol. The molecule has 0 spiro atoms. The number of rotatable bonds is 4. The molecule has 1 rings (SSSR count). The van der Waals surface area contributed by atoms with E-state index < -0.39 is 24.1 Å². The number of carbonyl (C=O) groups excluding carboxylic acids is 2. The molecule has 2 atom stereocenters. The fraction of sp³-hybridized carbons (Fsp3) is 0.273. The number of methoxy groups -OCH3 is 1. The molecule has 6 N–H and O–H groups in total. The van der Waals surface area contributed by atoms with Crippen molar-refractivity contribution in [3.05, 3.63) is 29.3 Å². The number of aliphatic hydroxyl groups excluding tert-OH is 2. The first-order valence-electron chi connectivity index (χ1n) is 5.01. The molecule has 7 nitrogen and oxygen atoms in total. The van der Waals surface area contributed by atoms with E-state index in [1.807, 2.05) is 0 Å². The molecule has 18 heavy (non-hydrogen) atoms. The summed E-state index contributed by atoms with van der Waals surface area (Å²) in [5.41, 5.74) is 10.8. The Morgan fingerprint density at radius 2 is 1.94 bits per heavy atom. The second-order valence-corrected chi connectivity index (χ2v) is 3.63. The maximum Gasteiger partial charge on any atom is 0.337 e. The number of carbonyl (C=O) groups is 2. The maximum atomic E-state index is 11.3. The van der Waals surface area contributed by atoms with Gasteiger partial charge in [-0.05, 0) is 18.2 Å². The molecule has 0 aliphatic rings. The van der Waals surface area contributed by atoms with Crippen LogP contribution in [0.2, 0.25) is 0 Å². The summed E-state index contributed by atoms with van der Waals surface area (Å²) in [4.78, 5) is 22.1. The first-order valence-corrected chi connectivity index (χ1v) is 5.01. The van der Waals surface area contributed by atoms with E-state index >= 15 is 0 Å². The summed E-state index contributed by atoms with van der Waals surface area (Å²) in [5.74, 6) is -1.72. The van der Waals surface area contributed by atoms with Crippen LogP contribution < -0.4 is 11.5 Å². The van der Waals surface area contributed by atoms with E-state index in [9.17, 15) is 19.8 Å². The molecule has 7 heteroatoms. The van der Waals surface area contributed by atoms with Gasteiger partial charge in [0.05, 0.1) is 12.7 Å². The molecule has 0 saturated carbocycles. The van der Waals surface area contributed by atoms with Crippen LogP contribution in [0.25, 0.3) is 0 Å². The van der Waals surface area contributed by atoms with Crippen LogP contribution >= 0.6 is 0 Å². The van der Waals surface area contributed by atoms with E-state index in [1.165, 1.54) is 25.3 Å². The number of ether oxygens (including phenoxy) is 1. The largest absolute Gasteiger partial charge is 0.465 e. The van der Waals surface area contributed by atoms with E-state index in [2.05, 4.69) is 4.74 Å². The molecule has 1 aromatic rings. The highest BCUT2D eigenvalue weighted by Gasteiger charge is 2.26. The molecule has 0 saturated heterocycles. The highest BCUT2D eigenvalue weighted by Crippen LogP contribution is 2.24. The molecular weight excluding hydrogens is 240 g/mol. The maximum absolute atomic E-state index is 11.3. The molecule has 0 radical (unpaired) electrons. The van der Waals surface area contributed by atoms with E-state index in [0.717, 1.165) is 0 Å². The van der Waals surface area contributed by atoms with Gasteiger partial charge in [0.2, 0.25) is 5.91 Å². The zero-order valence-electron chi connectivity index (χ0n) is 9.66. The first kappa shape index (κ1) is 13.9. The van der Waals surface area contributed by atoms with Gasteiger partial charge in [0, 0.05) is 11.3 Å². The molecule has 2 unspecified atom stereocenters. The number of anilines is 1. The lowest BCUT2D eigenvalue weighted by atomic mass is 9.99. The van der Waals surface area contributed by atoms with Crippen molar-refractivity contribution in [1.82, 2.24) is 0 Å². The molecule has 98 valence electrons. The predicted octanol–water partition coefficient (Wildman–Crippen LogP) is -1.06. The van der Waals surface area contributed by atoms with Crippen LogP contribution in [-0.2, 0) is 9.53 Å². The third-order valence-electron chi connectivity index (χ3n) is 2.42. The van der Waals surface area contributed by atoms with Gasteiger partial charge in [-0.3, -0.25) is 4.79 Å².